The van der Waals surface area contributed by atoms with Gasteiger partial charge in [-0.25, -0.2) is 4.39 Å². The van der Waals surface area contributed by atoms with E-state index in [1.807, 2.05) is 0 Å². The van der Waals surface area contributed by atoms with E-state index in [4.69, 9.17) is 21.1 Å². The third kappa shape index (κ3) is 2.18. The minimum absolute atomic E-state index is 0.0663. The molecule has 0 saturated heterocycles. The molecule has 72 valence electrons. The Morgan fingerprint density at radius 3 is 2.46 bits per heavy atom. The minimum Gasteiger partial charge on any atom is -0.352 e. The molecule has 0 bridgehead atoms. The molecule has 0 aliphatic heterocycles. The average molecular weight is 205 g/mol. The number of halogens is 2. The largest absolute Gasteiger partial charge is 0.352 e. The number of hydrogen-bond donors (Lipinski definition) is 0. The molecule has 1 aromatic carbocycles. The van der Waals surface area contributed by atoms with E-state index in [1.54, 1.807) is 12.1 Å². The van der Waals surface area contributed by atoms with Crippen molar-refractivity contribution in [3.05, 3.63) is 34.6 Å². The van der Waals surface area contributed by atoms with E-state index in [1.165, 1.54) is 20.3 Å². The standard InChI is InChI=1S/C9H10ClFO2/c1-12-9(13-2)6-4-3-5-7(10)8(6)11/h3-5,9H,1-2H3. The Morgan fingerprint density at radius 2 is 1.92 bits per heavy atom. The van der Waals surface area contributed by atoms with Crippen molar-refractivity contribution in [1.29, 1.82) is 0 Å². The molecule has 13 heavy (non-hydrogen) atoms. The van der Waals surface area contributed by atoms with Crippen LogP contribution in [0.25, 0.3) is 0 Å². The van der Waals surface area contributed by atoms with Gasteiger partial charge in [0.15, 0.2) is 6.29 Å². The summed E-state index contributed by atoms with van der Waals surface area (Å²) in [5.74, 6) is -0.502. The third-order valence-electron chi connectivity index (χ3n) is 1.66. The van der Waals surface area contributed by atoms with E-state index < -0.39 is 12.1 Å². The zero-order valence-corrected chi connectivity index (χ0v) is 8.14. The van der Waals surface area contributed by atoms with E-state index in [-0.39, 0.29) is 5.02 Å². The van der Waals surface area contributed by atoms with E-state index >= 15 is 0 Å². The predicted molar refractivity (Wildman–Crippen MR) is 48.2 cm³/mol. The smallest absolute Gasteiger partial charge is 0.186 e. The monoisotopic (exact) mass is 204 g/mol. The quantitative estimate of drug-likeness (QED) is 0.705. The van der Waals surface area contributed by atoms with Crippen LogP contribution in [0.5, 0.6) is 0 Å². The molecule has 1 rings (SSSR count). The van der Waals surface area contributed by atoms with Crippen molar-refractivity contribution in [3.63, 3.8) is 0 Å². The van der Waals surface area contributed by atoms with Crippen LogP contribution in [-0.4, -0.2) is 14.2 Å². The Morgan fingerprint density at radius 1 is 1.31 bits per heavy atom. The molecular weight excluding hydrogens is 195 g/mol. The number of benzene rings is 1. The summed E-state index contributed by atoms with van der Waals surface area (Å²) in [4.78, 5) is 0. The first-order chi connectivity index (χ1) is 6.20. The van der Waals surface area contributed by atoms with Crippen LogP contribution < -0.4 is 0 Å². The molecule has 0 saturated carbocycles. The number of rotatable bonds is 3. The van der Waals surface area contributed by atoms with Crippen LogP contribution in [0.3, 0.4) is 0 Å². The van der Waals surface area contributed by atoms with Gasteiger partial charge >= 0.3 is 0 Å². The number of methoxy groups -OCH3 is 2. The van der Waals surface area contributed by atoms with Crippen LogP contribution in [0.15, 0.2) is 18.2 Å². The van der Waals surface area contributed by atoms with E-state index in [9.17, 15) is 4.39 Å². The molecule has 0 fully saturated rings. The summed E-state index contributed by atoms with van der Waals surface area (Å²) in [6.07, 6.45) is -0.710. The van der Waals surface area contributed by atoms with Crippen LogP contribution in [0.4, 0.5) is 4.39 Å². The summed E-state index contributed by atoms with van der Waals surface area (Å²) in [6, 6.07) is 4.69. The summed E-state index contributed by atoms with van der Waals surface area (Å²) in [5, 5.41) is 0.0663. The maximum absolute atomic E-state index is 13.3. The van der Waals surface area contributed by atoms with Crippen LogP contribution >= 0.6 is 11.6 Å². The molecule has 1 aromatic rings. The maximum atomic E-state index is 13.3. The summed E-state index contributed by atoms with van der Waals surface area (Å²) in [7, 11) is 2.88. The molecule has 0 atom stereocenters. The lowest BCUT2D eigenvalue weighted by molar-refractivity contribution is -0.107. The Kier molecular flexibility index (Phi) is 3.66. The zero-order chi connectivity index (χ0) is 9.84. The molecule has 0 amide bonds. The zero-order valence-electron chi connectivity index (χ0n) is 7.38. The van der Waals surface area contributed by atoms with Crippen LogP contribution in [-0.2, 0) is 9.47 Å². The topological polar surface area (TPSA) is 18.5 Å². The van der Waals surface area contributed by atoms with Crippen molar-refractivity contribution >= 4 is 11.6 Å². The van der Waals surface area contributed by atoms with Crippen LogP contribution in [0.1, 0.15) is 11.9 Å². The summed E-state index contributed by atoms with van der Waals surface area (Å²) < 4.78 is 23.1. The summed E-state index contributed by atoms with van der Waals surface area (Å²) in [6.45, 7) is 0. The van der Waals surface area contributed by atoms with E-state index in [0.717, 1.165) is 0 Å². The highest BCUT2D eigenvalue weighted by Crippen LogP contribution is 2.25. The van der Waals surface area contributed by atoms with E-state index in [0.29, 0.717) is 5.56 Å². The van der Waals surface area contributed by atoms with Gasteiger partial charge in [-0.3, -0.25) is 0 Å². The SMILES string of the molecule is COC(OC)c1cccc(Cl)c1F. The van der Waals surface area contributed by atoms with Gasteiger partial charge in [-0.05, 0) is 6.07 Å². The Hall–Kier alpha value is -0.640. The molecule has 0 N–H and O–H groups in total. The van der Waals surface area contributed by atoms with Gasteiger partial charge in [0.05, 0.1) is 5.02 Å². The van der Waals surface area contributed by atoms with Gasteiger partial charge in [-0.1, -0.05) is 23.7 Å². The van der Waals surface area contributed by atoms with Crippen molar-refractivity contribution in [3.8, 4) is 0 Å². The first kappa shape index (κ1) is 10.4. The molecular formula is C9H10ClFO2. The molecule has 0 spiro atoms. The van der Waals surface area contributed by atoms with Gasteiger partial charge in [-0.2, -0.15) is 0 Å². The molecule has 2 nitrogen and oxygen atoms in total. The van der Waals surface area contributed by atoms with E-state index in [2.05, 4.69) is 0 Å². The Labute approximate surface area is 81.2 Å². The molecule has 0 aliphatic rings. The first-order valence-electron chi connectivity index (χ1n) is 3.70. The van der Waals surface area contributed by atoms with Gasteiger partial charge in [0.25, 0.3) is 0 Å². The predicted octanol–water partition coefficient (Wildman–Crippen LogP) is 2.77. The van der Waals surface area contributed by atoms with Gasteiger partial charge in [-0.15, -0.1) is 0 Å². The van der Waals surface area contributed by atoms with Crippen molar-refractivity contribution in [1.82, 2.24) is 0 Å². The highest BCUT2D eigenvalue weighted by atomic mass is 35.5. The first-order valence-corrected chi connectivity index (χ1v) is 4.08. The van der Waals surface area contributed by atoms with Crippen molar-refractivity contribution in [2.24, 2.45) is 0 Å². The molecule has 0 unspecified atom stereocenters. The molecule has 0 radical (unpaired) electrons. The van der Waals surface area contributed by atoms with Gasteiger partial charge < -0.3 is 9.47 Å². The number of ether oxygens (including phenoxy) is 2. The average Bonchev–Trinajstić information content (AvgIpc) is 2.14. The highest BCUT2D eigenvalue weighted by molar-refractivity contribution is 6.30. The van der Waals surface area contributed by atoms with Crippen molar-refractivity contribution in [2.45, 2.75) is 6.29 Å². The fourth-order valence-electron chi connectivity index (χ4n) is 1.05. The second-order valence-electron chi connectivity index (χ2n) is 2.45. The lowest BCUT2D eigenvalue weighted by Gasteiger charge is -2.14. The fraction of sp³-hybridized carbons (Fsp3) is 0.333. The fourth-order valence-corrected chi connectivity index (χ4v) is 1.23. The lowest BCUT2D eigenvalue weighted by atomic mass is 10.2. The molecule has 4 heteroatoms. The second kappa shape index (κ2) is 4.56. The molecule has 0 aliphatic carbocycles. The molecule has 0 heterocycles. The highest BCUT2D eigenvalue weighted by Gasteiger charge is 2.15. The van der Waals surface area contributed by atoms with Gasteiger partial charge in [0, 0.05) is 19.8 Å². The van der Waals surface area contributed by atoms with Gasteiger partial charge in [0.2, 0.25) is 0 Å². The van der Waals surface area contributed by atoms with Crippen molar-refractivity contribution < 1.29 is 13.9 Å². The lowest BCUT2D eigenvalue weighted by Crippen LogP contribution is -2.06. The van der Waals surface area contributed by atoms with Crippen LogP contribution in [0.2, 0.25) is 5.02 Å². The van der Waals surface area contributed by atoms with Gasteiger partial charge in [0.1, 0.15) is 5.82 Å². The Balaban J connectivity index is 3.05. The summed E-state index contributed by atoms with van der Waals surface area (Å²) in [5.41, 5.74) is 0.303. The number of hydrogen-bond acceptors (Lipinski definition) is 2. The maximum Gasteiger partial charge on any atom is 0.186 e. The normalized spacial score (nSPS) is 10.8. The second-order valence-corrected chi connectivity index (χ2v) is 2.85. The van der Waals surface area contributed by atoms with Crippen LogP contribution in [0, 0.1) is 5.82 Å². The Bertz CT molecular complexity index is 287. The summed E-state index contributed by atoms with van der Waals surface area (Å²) >= 11 is 5.59. The molecule has 0 aromatic heterocycles. The minimum atomic E-state index is -0.710. The third-order valence-corrected chi connectivity index (χ3v) is 1.96. The van der Waals surface area contributed by atoms with Crippen molar-refractivity contribution in [2.75, 3.05) is 14.2 Å².